The highest BCUT2D eigenvalue weighted by Gasteiger charge is 2.31. The quantitative estimate of drug-likeness (QED) is 0.495. The topological polar surface area (TPSA) is 101 Å². The van der Waals surface area contributed by atoms with Crippen molar-refractivity contribution in [2.45, 2.75) is 71.1 Å². The Hall–Kier alpha value is -3.30. The number of aliphatic hydroxyl groups excluding tert-OH is 1. The monoisotopic (exact) mass is 565 g/mol. The Kier molecular flexibility index (Phi) is 9.35. The fourth-order valence-electron chi connectivity index (χ4n) is 6.06. The minimum absolute atomic E-state index is 0.00350. The Bertz CT molecular complexity index is 1230. The lowest BCUT2D eigenvalue weighted by atomic mass is 9.88. The molecule has 2 amide bonds. The number of amides is 2. The van der Waals surface area contributed by atoms with Gasteiger partial charge in [0.2, 0.25) is 18.6 Å². The molecular weight excluding hydrogens is 522 g/mol. The van der Waals surface area contributed by atoms with Crippen molar-refractivity contribution in [3.8, 4) is 17.2 Å². The summed E-state index contributed by atoms with van der Waals surface area (Å²) in [6, 6.07) is 11.3. The number of likely N-dealkylation sites (N-methyl/N-ethyl adjacent to an activating group) is 1. The number of hydrogen-bond acceptors (Lipinski definition) is 7. The molecule has 3 atom stereocenters. The van der Waals surface area contributed by atoms with Crippen LogP contribution < -0.4 is 19.5 Å². The second-order valence-electron chi connectivity index (χ2n) is 11.9. The second-order valence-corrected chi connectivity index (χ2v) is 11.9. The third-order valence-electron chi connectivity index (χ3n) is 8.54. The third-order valence-corrected chi connectivity index (χ3v) is 8.54. The molecule has 1 saturated carbocycles. The number of nitrogens with zero attached hydrogens (tertiary/aromatic N) is 2. The van der Waals surface area contributed by atoms with Gasteiger partial charge in [-0.05, 0) is 62.7 Å². The van der Waals surface area contributed by atoms with E-state index >= 15 is 0 Å². The van der Waals surface area contributed by atoms with Gasteiger partial charge in [0.1, 0.15) is 11.9 Å². The smallest absolute Gasteiger partial charge is 0.231 e. The molecule has 5 rings (SSSR count). The highest BCUT2D eigenvalue weighted by molar-refractivity contribution is 5.93. The number of benzene rings is 2. The van der Waals surface area contributed by atoms with Crippen molar-refractivity contribution in [1.29, 1.82) is 0 Å². The van der Waals surface area contributed by atoms with Gasteiger partial charge in [-0.2, -0.15) is 0 Å². The van der Waals surface area contributed by atoms with Crippen molar-refractivity contribution in [1.82, 2.24) is 9.80 Å². The van der Waals surface area contributed by atoms with E-state index in [1.807, 2.05) is 43.3 Å². The molecule has 9 heteroatoms. The molecule has 0 unspecified atom stereocenters. The number of hydrogen-bond donors (Lipinski definition) is 2. The molecule has 0 radical (unpaired) electrons. The summed E-state index contributed by atoms with van der Waals surface area (Å²) in [6.45, 7) is 5.89. The van der Waals surface area contributed by atoms with E-state index in [0.29, 0.717) is 31.1 Å². The highest BCUT2D eigenvalue weighted by atomic mass is 16.7. The van der Waals surface area contributed by atoms with Crippen LogP contribution in [0.25, 0.3) is 0 Å². The van der Waals surface area contributed by atoms with Crippen LogP contribution in [0.1, 0.15) is 57.1 Å². The zero-order valence-corrected chi connectivity index (χ0v) is 24.4. The molecule has 1 aliphatic carbocycles. The fourth-order valence-corrected chi connectivity index (χ4v) is 6.06. The fraction of sp³-hybridized carbons (Fsp3) is 0.562. The van der Waals surface area contributed by atoms with E-state index in [9.17, 15) is 14.7 Å². The average molecular weight is 566 g/mol. The summed E-state index contributed by atoms with van der Waals surface area (Å²) in [5.41, 5.74) is 2.53. The van der Waals surface area contributed by atoms with Gasteiger partial charge in [-0.3, -0.25) is 14.5 Å². The summed E-state index contributed by atoms with van der Waals surface area (Å²) in [5.74, 6) is 2.21. The molecule has 0 spiro atoms. The lowest BCUT2D eigenvalue weighted by Crippen LogP contribution is -2.47. The maximum Gasteiger partial charge on any atom is 0.231 e. The van der Waals surface area contributed by atoms with E-state index in [-0.39, 0.29) is 55.6 Å². The molecule has 2 aromatic rings. The zero-order chi connectivity index (χ0) is 28.9. The minimum Gasteiger partial charge on any atom is -0.488 e. The van der Waals surface area contributed by atoms with Crippen LogP contribution in [0, 0.1) is 11.8 Å². The van der Waals surface area contributed by atoms with Crippen molar-refractivity contribution < 1.29 is 28.9 Å². The van der Waals surface area contributed by atoms with E-state index in [0.717, 1.165) is 48.3 Å². The van der Waals surface area contributed by atoms with Crippen molar-refractivity contribution in [2.75, 3.05) is 38.9 Å². The van der Waals surface area contributed by atoms with Crippen molar-refractivity contribution >= 4 is 17.5 Å². The molecule has 0 saturated heterocycles. The second kappa shape index (κ2) is 13.1. The van der Waals surface area contributed by atoms with Crippen LogP contribution in [0.3, 0.4) is 0 Å². The van der Waals surface area contributed by atoms with Gasteiger partial charge >= 0.3 is 0 Å². The molecule has 2 N–H and O–H groups in total. The SMILES string of the molecule is C[C@@H]1CN([C@@H](C)CO)C(=O)Cc2cc(NC(=O)C3CCCCC3)ccc2O[C@@H]1CN(C)Cc1ccc2c(c1)OCO2. The lowest BCUT2D eigenvalue weighted by molar-refractivity contribution is -0.134. The lowest BCUT2D eigenvalue weighted by Gasteiger charge is -2.34. The van der Waals surface area contributed by atoms with Crippen LogP contribution in [0.15, 0.2) is 36.4 Å². The van der Waals surface area contributed by atoms with Crippen molar-refractivity contribution in [3.63, 3.8) is 0 Å². The standard InChI is InChI=1S/C32H43N3O6/c1-21-16-35(22(2)19-36)31(37)15-25-14-26(33-32(38)24-7-5-4-6-8-24)10-12-27(25)41-30(21)18-34(3)17-23-9-11-28-29(13-23)40-20-39-28/h9-14,21-22,24,30,36H,4-8,15-20H2,1-3H3,(H,33,38)/t21-,22+,30-/m1/s1. The number of nitrogens with one attached hydrogen (secondary N) is 1. The summed E-state index contributed by atoms with van der Waals surface area (Å²) in [5, 5.41) is 13.0. The third kappa shape index (κ3) is 7.13. The summed E-state index contributed by atoms with van der Waals surface area (Å²) in [4.78, 5) is 30.4. The number of carbonyl (C=O) groups excluding carboxylic acids is 2. The van der Waals surface area contributed by atoms with E-state index < -0.39 is 0 Å². The van der Waals surface area contributed by atoms with Gasteiger partial charge in [-0.1, -0.05) is 32.3 Å². The molecule has 0 bridgehead atoms. The first-order valence-corrected chi connectivity index (χ1v) is 14.9. The van der Waals surface area contributed by atoms with E-state index in [2.05, 4.69) is 24.2 Å². The predicted octanol–water partition coefficient (Wildman–Crippen LogP) is 4.22. The number of fused-ring (bicyclic) bond motifs is 2. The molecule has 2 heterocycles. The van der Waals surface area contributed by atoms with E-state index in [4.69, 9.17) is 14.2 Å². The van der Waals surface area contributed by atoms with Crippen LogP contribution in [0.4, 0.5) is 5.69 Å². The van der Waals surface area contributed by atoms with Crippen LogP contribution in [0.2, 0.25) is 0 Å². The largest absolute Gasteiger partial charge is 0.488 e. The predicted molar refractivity (Wildman–Crippen MR) is 156 cm³/mol. The molecule has 222 valence electrons. The summed E-state index contributed by atoms with van der Waals surface area (Å²) in [7, 11) is 2.05. The van der Waals surface area contributed by atoms with Gasteiger partial charge in [0.15, 0.2) is 11.5 Å². The number of carbonyl (C=O) groups is 2. The first-order chi connectivity index (χ1) is 19.8. The first kappa shape index (κ1) is 29.2. The molecule has 2 aliphatic heterocycles. The normalized spacial score (nSPS) is 21.9. The van der Waals surface area contributed by atoms with Gasteiger partial charge in [0, 0.05) is 42.7 Å². The number of aliphatic hydroxyl groups is 1. The van der Waals surface area contributed by atoms with Gasteiger partial charge < -0.3 is 29.5 Å². The van der Waals surface area contributed by atoms with Gasteiger partial charge in [-0.25, -0.2) is 0 Å². The Morgan fingerprint density at radius 2 is 1.85 bits per heavy atom. The molecular formula is C32H43N3O6. The minimum atomic E-state index is -0.312. The summed E-state index contributed by atoms with van der Waals surface area (Å²) in [6.07, 6.45) is 5.14. The molecule has 2 aromatic carbocycles. The Morgan fingerprint density at radius 1 is 1.10 bits per heavy atom. The summed E-state index contributed by atoms with van der Waals surface area (Å²) >= 11 is 0. The Balaban J connectivity index is 1.35. The summed E-state index contributed by atoms with van der Waals surface area (Å²) < 4.78 is 17.6. The molecule has 3 aliphatic rings. The van der Waals surface area contributed by atoms with Crippen LogP contribution in [-0.2, 0) is 22.6 Å². The first-order valence-electron chi connectivity index (χ1n) is 14.9. The van der Waals surface area contributed by atoms with Crippen molar-refractivity contribution in [2.24, 2.45) is 11.8 Å². The number of rotatable bonds is 8. The highest BCUT2D eigenvalue weighted by Crippen LogP contribution is 2.33. The van der Waals surface area contributed by atoms with Crippen molar-refractivity contribution in [3.05, 3.63) is 47.5 Å². The molecule has 0 aromatic heterocycles. The van der Waals surface area contributed by atoms with E-state index in [1.165, 1.54) is 6.42 Å². The van der Waals surface area contributed by atoms with Gasteiger partial charge in [0.05, 0.1) is 19.1 Å². The maximum atomic E-state index is 13.5. The van der Waals surface area contributed by atoms with Gasteiger partial charge in [0.25, 0.3) is 0 Å². The van der Waals surface area contributed by atoms with Crippen LogP contribution >= 0.6 is 0 Å². The number of anilines is 1. The Morgan fingerprint density at radius 3 is 2.63 bits per heavy atom. The molecule has 1 fully saturated rings. The molecule has 9 nitrogen and oxygen atoms in total. The average Bonchev–Trinajstić information content (AvgIpc) is 3.45. The van der Waals surface area contributed by atoms with E-state index in [1.54, 1.807) is 4.90 Å². The zero-order valence-electron chi connectivity index (χ0n) is 24.4. The number of ether oxygens (including phenoxy) is 3. The van der Waals surface area contributed by atoms with Crippen LogP contribution in [-0.4, -0.2) is 72.4 Å². The Labute approximate surface area is 242 Å². The molecule has 41 heavy (non-hydrogen) atoms. The van der Waals surface area contributed by atoms with Crippen LogP contribution in [0.5, 0.6) is 17.2 Å². The van der Waals surface area contributed by atoms with Gasteiger partial charge in [-0.15, -0.1) is 0 Å². The maximum absolute atomic E-state index is 13.5.